The molecule has 0 aliphatic carbocycles. The van der Waals surface area contributed by atoms with Crippen LogP contribution in [0.2, 0.25) is 5.02 Å². The van der Waals surface area contributed by atoms with Crippen LogP contribution in [0.5, 0.6) is 0 Å². The lowest BCUT2D eigenvalue weighted by atomic mass is 10.2. The summed E-state index contributed by atoms with van der Waals surface area (Å²) < 4.78 is 13.0. The molecule has 0 saturated carbocycles. The number of amides is 1. The first-order valence-corrected chi connectivity index (χ1v) is 8.06. The van der Waals surface area contributed by atoms with Crippen LogP contribution in [-0.4, -0.2) is 49.0 Å². The zero-order chi connectivity index (χ0) is 17.1. The van der Waals surface area contributed by atoms with Gasteiger partial charge >= 0.3 is 0 Å². The first-order chi connectivity index (χ1) is 11.5. The molecule has 1 aliphatic heterocycles. The van der Waals surface area contributed by atoms with Gasteiger partial charge in [-0.25, -0.2) is 9.37 Å². The van der Waals surface area contributed by atoms with Gasteiger partial charge in [0.2, 0.25) is 0 Å². The summed E-state index contributed by atoms with van der Waals surface area (Å²) in [5.41, 5.74) is 1.24. The number of carbonyl (C=O) groups excluding carboxylic acids is 1. The molecule has 0 atom stereocenters. The summed E-state index contributed by atoms with van der Waals surface area (Å²) in [6.45, 7) is 3.94. The average Bonchev–Trinajstić information content (AvgIpc) is 2.56. The fraction of sp³-hybridized carbons (Fsp3) is 0.294. The van der Waals surface area contributed by atoms with Crippen LogP contribution in [0.4, 0.5) is 15.9 Å². The summed E-state index contributed by atoms with van der Waals surface area (Å²) in [6.07, 6.45) is 1.74. The molecule has 1 amide bonds. The number of pyridine rings is 1. The number of hydrogen-bond acceptors (Lipinski definition) is 4. The maximum absolute atomic E-state index is 13.0. The van der Waals surface area contributed by atoms with Crippen molar-refractivity contribution in [2.24, 2.45) is 0 Å². The Bertz CT molecular complexity index is 730. The predicted octanol–water partition coefficient (Wildman–Crippen LogP) is 2.88. The van der Waals surface area contributed by atoms with Crippen LogP contribution in [0, 0.1) is 5.82 Å². The quantitative estimate of drug-likeness (QED) is 0.926. The SMILES string of the molecule is CN1CCN(c2ccc(NC(=O)c3ccc(F)cc3Cl)nc2)CC1. The topological polar surface area (TPSA) is 48.5 Å². The van der Waals surface area contributed by atoms with Gasteiger partial charge in [-0.2, -0.15) is 0 Å². The molecule has 24 heavy (non-hydrogen) atoms. The van der Waals surface area contributed by atoms with Crippen LogP contribution < -0.4 is 10.2 Å². The van der Waals surface area contributed by atoms with Crippen molar-refractivity contribution in [3.05, 3.63) is 52.9 Å². The highest BCUT2D eigenvalue weighted by molar-refractivity contribution is 6.34. The van der Waals surface area contributed by atoms with Crippen LogP contribution in [-0.2, 0) is 0 Å². The lowest BCUT2D eigenvalue weighted by Crippen LogP contribution is -2.44. The zero-order valence-electron chi connectivity index (χ0n) is 13.3. The summed E-state index contributed by atoms with van der Waals surface area (Å²) in [5, 5.41) is 2.74. The van der Waals surface area contributed by atoms with E-state index in [1.807, 2.05) is 6.07 Å². The highest BCUT2D eigenvalue weighted by Crippen LogP contribution is 2.20. The van der Waals surface area contributed by atoms with Gasteiger partial charge in [0.05, 0.1) is 22.5 Å². The maximum atomic E-state index is 13.0. The van der Waals surface area contributed by atoms with Gasteiger partial charge in [0, 0.05) is 26.2 Å². The summed E-state index contributed by atoms with van der Waals surface area (Å²) in [7, 11) is 2.11. The maximum Gasteiger partial charge on any atom is 0.258 e. The number of piperazine rings is 1. The van der Waals surface area contributed by atoms with E-state index >= 15 is 0 Å². The number of likely N-dealkylation sites (N-methyl/N-ethyl adjacent to an activating group) is 1. The van der Waals surface area contributed by atoms with Crippen LogP contribution in [0.3, 0.4) is 0 Å². The Kier molecular flexibility index (Phi) is 4.97. The fourth-order valence-corrected chi connectivity index (χ4v) is 2.82. The molecule has 2 aromatic rings. The van der Waals surface area contributed by atoms with Crippen molar-refractivity contribution in [2.75, 3.05) is 43.4 Å². The van der Waals surface area contributed by atoms with Crippen molar-refractivity contribution in [2.45, 2.75) is 0 Å². The Morgan fingerprint density at radius 2 is 1.96 bits per heavy atom. The number of anilines is 2. The number of nitrogens with one attached hydrogen (secondary N) is 1. The van der Waals surface area contributed by atoms with E-state index in [2.05, 4.69) is 27.1 Å². The van der Waals surface area contributed by atoms with Crippen molar-refractivity contribution in [3.8, 4) is 0 Å². The number of carbonyl (C=O) groups is 1. The molecule has 1 fully saturated rings. The van der Waals surface area contributed by atoms with Crippen LogP contribution in [0.15, 0.2) is 36.5 Å². The third-order valence-electron chi connectivity index (χ3n) is 4.03. The third kappa shape index (κ3) is 3.83. The summed E-state index contributed by atoms with van der Waals surface area (Å²) in [4.78, 5) is 21.0. The Balaban J connectivity index is 1.66. The molecule has 2 heterocycles. The van der Waals surface area contributed by atoms with Crippen molar-refractivity contribution >= 4 is 29.0 Å². The summed E-state index contributed by atoms with van der Waals surface area (Å²) >= 11 is 5.90. The minimum absolute atomic E-state index is 0.0709. The predicted molar refractivity (Wildman–Crippen MR) is 93.3 cm³/mol. The standard InChI is InChI=1S/C17H18ClFN4O/c1-22-6-8-23(9-7-22)13-3-5-16(20-11-13)21-17(24)14-4-2-12(19)10-15(14)18/h2-5,10-11H,6-9H2,1H3,(H,20,21,24). The van der Waals surface area contributed by atoms with Gasteiger partial charge in [0.25, 0.3) is 5.91 Å². The van der Waals surface area contributed by atoms with Gasteiger partial charge in [0.15, 0.2) is 0 Å². The molecule has 3 rings (SSSR count). The second kappa shape index (κ2) is 7.15. The van der Waals surface area contributed by atoms with Gasteiger partial charge in [-0.05, 0) is 37.4 Å². The smallest absolute Gasteiger partial charge is 0.258 e. The van der Waals surface area contributed by atoms with Gasteiger partial charge in [-0.15, -0.1) is 0 Å². The van der Waals surface area contributed by atoms with Crippen molar-refractivity contribution in [3.63, 3.8) is 0 Å². The third-order valence-corrected chi connectivity index (χ3v) is 4.35. The van der Waals surface area contributed by atoms with Crippen LogP contribution >= 0.6 is 11.6 Å². The molecular weight excluding hydrogens is 331 g/mol. The van der Waals surface area contributed by atoms with Crippen LogP contribution in [0.1, 0.15) is 10.4 Å². The number of halogens is 2. The molecule has 1 aromatic carbocycles. The molecule has 126 valence electrons. The van der Waals surface area contributed by atoms with E-state index in [0.717, 1.165) is 37.9 Å². The minimum Gasteiger partial charge on any atom is -0.368 e. The summed E-state index contributed by atoms with van der Waals surface area (Å²) in [5.74, 6) is -0.468. The molecular formula is C17H18ClFN4O. The van der Waals surface area contributed by atoms with E-state index in [4.69, 9.17) is 11.6 Å². The molecule has 1 aromatic heterocycles. The largest absolute Gasteiger partial charge is 0.368 e. The highest BCUT2D eigenvalue weighted by atomic mass is 35.5. The monoisotopic (exact) mass is 348 g/mol. The van der Waals surface area contributed by atoms with Gasteiger partial charge in [-0.3, -0.25) is 4.79 Å². The van der Waals surface area contributed by atoms with Crippen molar-refractivity contribution < 1.29 is 9.18 Å². The molecule has 1 saturated heterocycles. The molecule has 5 nitrogen and oxygen atoms in total. The molecule has 0 bridgehead atoms. The van der Waals surface area contributed by atoms with E-state index in [1.54, 1.807) is 12.3 Å². The van der Waals surface area contributed by atoms with Crippen LogP contribution in [0.25, 0.3) is 0 Å². The molecule has 0 unspecified atom stereocenters. The second-order valence-electron chi connectivity index (χ2n) is 5.77. The Hall–Kier alpha value is -2.18. The molecule has 0 spiro atoms. The number of rotatable bonds is 3. The van der Waals surface area contributed by atoms with Gasteiger partial charge < -0.3 is 15.1 Å². The molecule has 1 aliphatic rings. The fourth-order valence-electron chi connectivity index (χ4n) is 2.57. The Morgan fingerprint density at radius 3 is 2.58 bits per heavy atom. The lowest BCUT2D eigenvalue weighted by molar-refractivity contribution is 0.102. The lowest BCUT2D eigenvalue weighted by Gasteiger charge is -2.33. The number of nitrogens with zero attached hydrogens (tertiary/aromatic N) is 3. The van der Waals surface area contributed by atoms with E-state index in [-0.39, 0.29) is 10.6 Å². The van der Waals surface area contributed by atoms with E-state index in [1.165, 1.54) is 12.1 Å². The first kappa shape index (κ1) is 16.7. The zero-order valence-corrected chi connectivity index (χ0v) is 14.1. The molecule has 7 heteroatoms. The first-order valence-electron chi connectivity index (χ1n) is 7.69. The average molecular weight is 349 g/mol. The van der Waals surface area contributed by atoms with Gasteiger partial charge in [0.1, 0.15) is 11.6 Å². The van der Waals surface area contributed by atoms with Crippen molar-refractivity contribution in [1.29, 1.82) is 0 Å². The molecule has 1 N–H and O–H groups in total. The van der Waals surface area contributed by atoms with E-state index in [9.17, 15) is 9.18 Å². The van der Waals surface area contributed by atoms with Crippen molar-refractivity contribution in [1.82, 2.24) is 9.88 Å². The highest BCUT2D eigenvalue weighted by Gasteiger charge is 2.15. The number of benzene rings is 1. The minimum atomic E-state index is -0.480. The Labute approximate surface area is 145 Å². The second-order valence-corrected chi connectivity index (χ2v) is 6.18. The van der Waals surface area contributed by atoms with E-state index in [0.29, 0.717) is 5.82 Å². The van der Waals surface area contributed by atoms with Gasteiger partial charge in [-0.1, -0.05) is 11.6 Å². The molecule has 0 radical (unpaired) electrons. The Morgan fingerprint density at radius 1 is 1.21 bits per heavy atom. The summed E-state index contributed by atoms with van der Waals surface area (Å²) in [6, 6.07) is 7.35. The normalized spacial score (nSPS) is 15.4. The van der Waals surface area contributed by atoms with E-state index < -0.39 is 11.7 Å². The number of hydrogen-bond donors (Lipinski definition) is 1. The number of aromatic nitrogens is 1.